The van der Waals surface area contributed by atoms with Gasteiger partial charge in [-0.15, -0.1) is 0 Å². The van der Waals surface area contributed by atoms with Crippen molar-refractivity contribution < 1.29 is 18.0 Å². The van der Waals surface area contributed by atoms with E-state index in [1.54, 1.807) is 0 Å². The highest BCUT2D eigenvalue weighted by Crippen LogP contribution is 2.41. The Bertz CT molecular complexity index is 1100. The Balaban J connectivity index is 1.56. The molecule has 1 unspecified atom stereocenters. The van der Waals surface area contributed by atoms with E-state index in [0.29, 0.717) is 12.8 Å². The highest BCUT2D eigenvalue weighted by atomic mass is 19.4. The normalized spacial score (nSPS) is 24.1. The first kappa shape index (κ1) is 22.5. The second-order valence-corrected chi connectivity index (χ2v) is 9.01. The molecule has 3 aromatic rings. The zero-order valence-corrected chi connectivity index (χ0v) is 18.5. The maximum Gasteiger partial charge on any atom is 0.401 e. The second-order valence-electron chi connectivity index (χ2n) is 9.01. The molecule has 1 saturated carbocycles. The maximum atomic E-state index is 12.7. The maximum absolute atomic E-state index is 12.7. The molecule has 2 aromatic carbocycles. The lowest BCUT2D eigenvalue weighted by Crippen LogP contribution is -2.44. The Kier molecular flexibility index (Phi) is 6.12. The van der Waals surface area contributed by atoms with Crippen LogP contribution < -0.4 is 5.32 Å². The zero-order chi connectivity index (χ0) is 23.0. The summed E-state index contributed by atoms with van der Waals surface area (Å²) in [4.78, 5) is 16.4. The molecule has 170 valence electrons. The monoisotopic (exact) mass is 443 g/mol. The first-order chi connectivity index (χ1) is 15.2. The minimum absolute atomic E-state index is 0.0199. The number of aldehydes is 1. The van der Waals surface area contributed by atoms with Crippen LogP contribution in [0.2, 0.25) is 0 Å². The summed E-state index contributed by atoms with van der Waals surface area (Å²) < 4.78 is 40.1. The van der Waals surface area contributed by atoms with Crippen LogP contribution in [0.1, 0.15) is 37.1 Å². The molecule has 0 bridgehead atoms. The predicted molar refractivity (Wildman–Crippen MR) is 119 cm³/mol. The number of nitrogens with one attached hydrogen (secondary N) is 1. The van der Waals surface area contributed by atoms with Gasteiger partial charge in [0, 0.05) is 19.0 Å². The third-order valence-corrected chi connectivity index (χ3v) is 6.84. The number of halogens is 3. The van der Waals surface area contributed by atoms with Crippen LogP contribution in [0.5, 0.6) is 0 Å². The lowest BCUT2D eigenvalue weighted by molar-refractivity contribution is -0.128. The molecule has 32 heavy (non-hydrogen) atoms. The summed E-state index contributed by atoms with van der Waals surface area (Å²) in [5.74, 6) is 0.675. The number of fused-ring (bicyclic) bond motifs is 1. The first-order valence-corrected chi connectivity index (χ1v) is 10.9. The third kappa shape index (κ3) is 4.58. The minimum Gasteiger partial charge on any atom is -0.331 e. The molecular formula is C25H28F3N3O. The molecular weight excluding hydrogens is 415 g/mol. The fourth-order valence-corrected chi connectivity index (χ4v) is 5.00. The van der Waals surface area contributed by atoms with E-state index >= 15 is 0 Å². The fourth-order valence-electron chi connectivity index (χ4n) is 5.00. The van der Waals surface area contributed by atoms with Crippen LogP contribution in [0, 0.1) is 18.8 Å². The van der Waals surface area contributed by atoms with Gasteiger partial charge in [0.25, 0.3) is 0 Å². The van der Waals surface area contributed by atoms with Crippen LogP contribution in [-0.4, -0.2) is 34.6 Å². The van der Waals surface area contributed by atoms with Crippen molar-refractivity contribution in [1.29, 1.82) is 0 Å². The Morgan fingerprint density at radius 3 is 2.47 bits per heavy atom. The molecule has 7 heteroatoms. The van der Waals surface area contributed by atoms with Crippen LogP contribution in [0.4, 0.5) is 13.2 Å². The molecule has 0 saturated heterocycles. The first-order valence-electron chi connectivity index (χ1n) is 10.9. The van der Waals surface area contributed by atoms with Crippen molar-refractivity contribution in [2.75, 3.05) is 6.54 Å². The van der Waals surface area contributed by atoms with Crippen molar-refractivity contribution in [3.63, 3.8) is 0 Å². The molecule has 0 spiro atoms. The molecule has 1 aromatic heterocycles. The molecule has 1 N–H and O–H groups in total. The SMILES string of the molecule is Cc1nc2cc(-c3ccc([C@@H]4C[C@H](NCC(F)(F)F)C[C@H](C)C4C=O)cc3)ccc2n1C. The van der Waals surface area contributed by atoms with Crippen molar-refractivity contribution in [1.82, 2.24) is 14.9 Å². The summed E-state index contributed by atoms with van der Waals surface area (Å²) in [5, 5.41) is 2.65. The number of rotatable bonds is 5. The third-order valence-electron chi connectivity index (χ3n) is 6.84. The average molecular weight is 444 g/mol. The summed E-state index contributed by atoms with van der Waals surface area (Å²) in [6.45, 7) is 2.92. The Morgan fingerprint density at radius 1 is 1.12 bits per heavy atom. The zero-order valence-electron chi connectivity index (χ0n) is 18.5. The molecule has 1 heterocycles. The van der Waals surface area contributed by atoms with Gasteiger partial charge in [0.15, 0.2) is 0 Å². The number of hydrogen-bond donors (Lipinski definition) is 1. The molecule has 1 fully saturated rings. The van der Waals surface area contributed by atoms with Gasteiger partial charge in [0.1, 0.15) is 12.1 Å². The standard InChI is InChI=1S/C25H28F3N3O/c1-15-10-20(29-14-25(26,27)28)12-21(22(15)13-32)18-6-4-17(5-7-18)19-8-9-24-23(11-19)30-16(2)31(24)3/h4-9,11,13,15,20-22,29H,10,12,14H2,1-3H3/t15-,20+,21-,22?/m0/s1. The highest BCUT2D eigenvalue weighted by molar-refractivity contribution is 5.82. The van der Waals surface area contributed by atoms with Gasteiger partial charge >= 0.3 is 6.18 Å². The van der Waals surface area contributed by atoms with Gasteiger partial charge in [0.05, 0.1) is 17.6 Å². The second kappa shape index (κ2) is 8.70. The van der Waals surface area contributed by atoms with Gasteiger partial charge in [-0.3, -0.25) is 0 Å². The topological polar surface area (TPSA) is 46.9 Å². The molecule has 4 rings (SSSR count). The van der Waals surface area contributed by atoms with Gasteiger partial charge in [-0.1, -0.05) is 37.3 Å². The molecule has 0 aliphatic heterocycles. The number of imidazole rings is 1. The molecule has 4 nitrogen and oxygen atoms in total. The lowest BCUT2D eigenvalue weighted by Gasteiger charge is -2.39. The smallest absolute Gasteiger partial charge is 0.331 e. The molecule has 1 aliphatic carbocycles. The van der Waals surface area contributed by atoms with Gasteiger partial charge in [-0.05, 0) is 60.4 Å². The predicted octanol–water partition coefficient (Wildman–Crippen LogP) is 5.40. The highest BCUT2D eigenvalue weighted by Gasteiger charge is 2.37. The van der Waals surface area contributed by atoms with Gasteiger partial charge in [-0.25, -0.2) is 4.98 Å². The van der Waals surface area contributed by atoms with E-state index in [2.05, 4.69) is 33.1 Å². The van der Waals surface area contributed by atoms with E-state index in [1.807, 2.05) is 45.2 Å². The van der Waals surface area contributed by atoms with Gasteiger partial charge < -0.3 is 14.7 Å². The lowest BCUT2D eigenvalue weighted by atomic mass is 9.68. The van der Waals surface area contributed by atoms with Crippen LogP contribution in [0.25, 0.3) is 22.2 Å². The molecule has 0 amide bonds. The molecule has 0 radical (unpaired) electrons. The van der Waals surface area contributed by atoms with Crippen molar-refractivity contribution >= 4 is 17.3 Å². The summed E-state index contributed by atoms with van der Waals surface area (Å²) in [6.07, 6.45) is -2.18. The number of carbonyl (C=O) groups is 1. The average Bonchev–Trinajstić information content (AvgIpc) is 3.04. The van der Waals surface area contributed by atoms with E-state index in [-0.39, 0.29) is 23.8 Å². The van der Waals surface area contributed by atoms with E-state index in [4.69, 9.17) is 0 Å². The van der Waals surface area contributed by atoms with Crippen LogP contribution in [0.15, 0.2) is 42.5 Å². The summed E-state index contributed by atoms with van der Waals surface area (Å²) in [5.41, 5.74) is 5.09. The fraction of sp³-hybridized carbons (Fsp3) is 0.440. The number of benzene rings is 2. The van der Waals surface area contributed by atoms with Crippen molar-refractivity contribution in [2.45, 2.75) is 44.8 Å². The van der Waals surface area contributed by atoms with Crippen LogP contribution in [0.3, 0.4) is 0 Å². The van der Waals surface area contributed by atoms with Crippen molar-refractivity contribution in [3.8, 4) is 11.1 Å². The Labute approximate surface area is 185 Å². The van der Waals surface area contributed by atoms with Gasteiger partial charge in [-0.2, -0.15) is 13.2 Å². The summed E-state index contributed by atoms with van der Waals surface area (Å²) in [6, 6.07) is 14.0. The number of alkyl halides is 3. The van der Waals surface area contributed by atoms with Crippen molar-refractivity contribution in [3.05, 3.63) is 53.9 Å². The van der Waals surface area contributed by atoms with E-state index in [9.17, 15) is 18.0 Å². The molecule has 4 atom stereocenters. The Morgan fingerprint density at radius 2 is 1.81 bits per heavy atom. The van der Waals surface area contributed by atoms with Gasteiger partial charge in [0.2, 0.25) is 0 Å². The number of aromatic nitrogens is 2. The van der Waals surface area contributed by atoms with E-state index in [0.717, 1.165) is 39.8 Å². The minimum atomic E-state index is -4.24. The summed E-state index contributed by atoms with van der Waals surface area (Å²) >= 11 is 0. The van der Waals surface area contributed by atoms with Crippen molar-refractivity contribution in [2.24, 2.45) is 18.9 Å². The van der Waals surface area contributed by atoms with Crippen LogP contribution >= 0.6 is 0 Å². The number of aryl methyl sites for hydroxylation is 2. The van der Waals surface area contributed by atoms with E-state index in [1.165, 1.54) is 0 Å². The number of nitrogens with zero attached hydrogens (tertiary/aromatic N) is 2. The Hall–Kier alpha value is -2.67. The quantitative estimate of drug-likeness (QED) is 0.538. The summed E-state index contributed by atoms with van der Waals surface area (Å²) in [7, 11) is 1.99. The van der Waals surface area contributed by atoms with Crippen LogP contribution in [-0.2, 0) is 11.8 Å². The number of carbonyl (C=O) groups excluding carboxylic acids is 1. The van der Waals surface area contributed by atoms with E-state index < -0.39 is 12.7 Å². The molecule has 1 aliphatic rings. The number of hydrogen-bond acceptors (Lipinski definition) is 3. The largest absolute Gasteiger partial charge is 0.401 e.